The van der Waals surface area contributed by atoms with Gasteiger partial charge in [0.2, 0.25) is 0 Å². The van der Waals surface area contributed by atoms with E-state index in [4.69, 9.17) is 12.2 Å². The summed E-state index contributed by atoms with van der Waals surface area (Å²) in [6.45, 7) is 3.20. The highest BCUT2D eigenvalue weighted by molar-refractivity contribution is 7.71. The lowest BCUT2D eigenvalue weighted by Crippen LogP contribution is -2.35. The van der Waals surface area contributed by atoms with Crippen LogP contribution >= 0.6 is 12.2 Å². The molecule has 6 heteroatoms. The molecule has 0 saturated carbocycles. The summed E-state index contributed by atoms with van der Waals surface area (Å²) < 4.78 is 2.73. The van der Waals surface area contributed by atoms with Crippen molar-refractivity contribution in [2.24, 2.45) is 0 Å². The van der Waals surface area contributed by atoms with Crippen LogP contribution < -0.4 is 5.56 Å². The Morgan fingerprint density at radius 3 is 2.62 bits per heavy atom. The normalized spacial score (nSPS) is 14.2. The number of benzene rings is 2. The van der Waals surface area contributed by atoms with E-state index in [0.29, 0.717) is 11.3 Å². The maximum Gasteiger partial charge on any atom is 0.256 e. The lowest BCUT2D eigenvalue weighted by Gasteiger charge is -2.27. The fourth-order valence-corrected chi connectivity index (χ4v) is 4.46. The highest BCUT2D eigenvalue weighted by Crippen LogP contribution is 2.25. The molecular weight excluding hydrogens is 380 g/mol. The van der Waals surface area contributed by atoms with E-state index >= 15 is 0 Å². The molecule has 5 nitrogen and oxygen atoms in total. The van der Waals surface area contributed by atoms with Gasteiger partial charge in [0.05, 0.1) is 5.56 Å². The fraction of sp³-hybridized carbons (Fsp3) is 0.217. The van der Waals surface area contributed by atoms with Crippen LogP contribution in [0.4, 0.5) is 0 Å². The minimum absolute atomic E-state index is 0.0695. The topological polar surface area (TPSA) is 56.8 Å². The number of H-pyrrole nitrogens is 2. The molecule has 2 aromatic carbocycles. The van der Waals surface area contributed by atoms with Gasteiger partial charge >= 0.3 is 0 Å². The molecule has 2 N–H and O–H groups in total. The molecule has 4 aromatic rings. The van der Waals surface area contributed by atoms with E-state index in [-0.39, 0.29) is 5.56 Å². The second-order valence-corrected chi connectivity index (χ2v) is 8.02. The fourth-order valence-electron chi connectivity index (χ4n) is 4.25. The van der Waals surface area contributed by atoms with Gasteiger partial charge in [-0.1, -0.05) is 48.5 Å². The largest absolute Gasteiger partial charge is 0.343 e. The van der Waals surface area contributed by atoms with Crippen LogP contribution in [-0.2, 0) is 26.1 Å². The van der Waals surface area contributed by atoms with E-state index in [2.05, 4.69) is 74.2 Å². The van der Waals surface area contributed by atoms with Crippen molar-refractivity contribution in [2.45, 2.75) is 26.1 Å². The van der Waals surface area contributed by atoms with Crippen molar-refractivity contribution in [3.8, 4) is 0 Å². The summed E-state index contributed by atoms with van der Waals surface area (Å²) in [6.07, 6.45) is 3.07. The molecule has 0 unspecified atom stereocenters. The van der Waals surface area contributed by atoms with Crippen molar-refractivity contribution in [2.75, 3.05) is 6.54 Å². The number of hydrogen-bond donors (Lipinski definition) is 2. The molecule has 0 bridgehead atoms. The zero-order chi connectivity index (χ0) is 19.8. The minimum atomic E-state index is -0.0695. The Kier molecular flexibility index (Phi) is 4.66. The van der Waals surface area contributed by atoms with E-state index in [1.165, 1.54) is 22.0 Å². The molecule has 1 aliphatic heterocycles. The average Bonchev–Trinajstić information content (AvgIpc) is 3.06. The molecule has 0 spiro atoms. The molecule has 2 aromatic heterocycles. The summed E-state index contributed by atoms with van der Waals surface area (Å²) in [4.78, 5) is 20.5. The van der Waals surface area contributed by atoms with E-state index in [0.717, 1.165) is 37.3 Å². The summed E-state index contributed by atoms with van der Waals surface area (Å²) >= 11 is 5.10. The first-order chi connectivity index (χ1) is 14.2. The molecule has 0 atom stereocenters. The van der Waals surface area contributed by atoms with Crippen molar-refractivity contribution < 1.29 is 0 Å². The predicted octanol–water partition coefficient (Wildman–Crippen LogP) is 3.99. The molecule has 0 amide bonds. The second-order valence-electron chi connectivity index (χ2n) is 7.61. The van der Waals surface area contributed by atoms with Crippen molar-refractivity contribution >= 4 is 23.1 Å². The number of aromatic amines is 2. The monoisotopic (exact) mass is 402 g/mol. The van der Waals surface area contributed by atoms with Crippen LogP contribution in [0.25, 0.3) is 10.9 Å². The Morgan fingerprint density at radius 2 is 1.76 bits per heavy atom. The van der Waals surface area contributed by atoms with Gasteiger partial charge in [-0.25, -0.2) is 0 Å². The summed E-state index contributed by atoms with van der Waals surface area (Å²) in [7, 11) is 0. The van der Waals surface area contributed by atoms with Crippen LogP contribution in [0.2, 0.25) is 0 Å². The van der Waals surface area contributed by atoms with Gasteiger partial charge in [-0.2, -0.15) is 0 Å². The summed E-state index contributed by atoms with van der Waals surface area (Å²) in [5.41, 5.74) is 5.53. The number of nitrogens with one attached hydrogen (secondary N) is 2. The maximum atomic E-state index is 12.3. The van der Waals surface area contributed by atoms with Crippen molar-refractivity contribution in [1.82, 2.24) is 19.4 Å². The van der Waals surface area contributed by atoms with Gasteiger partial charge in [0.1, 0.15) is 0 Å². The van der Waals surface area contributed by atoms with E-state index in [9.17, 15) is 4.79 Å². The predicted molar refractivity (Wildman–Crippen MR) is 118 cm³/mol. The molecule has 0 saturated heterocycles. The minimum Gasteiger partial charge on any atom is -0.343 e. The second kappa shape index (κ2) is 7.46. The van der Waals surface area contributed by atoms with Crippen LogP contribution in [0.15, 0.2) is 65.6 Å². The first-order valence-electron chi connectivity index (χ1n) is 9.85. The van der Waals surface area contributed by atoms with E-state index in [1.54, 1.807) is 0 Å². The number of fused-ring (bicyclic) bond motifs is 2. The maximum absolute atomic E-state index is 12.3. The number of para-hydroxylation sites is 1. The molecular formula is C23H22N4OS. The quantitative estimate of drug-likeness (QED) is 0.508. The summed E-state index contributed by atoms with van der Waals surface area (Å²) in [5, 5.41) is 1.27. The molecule has 0 radical (unpaired) electrons. The third kappa shape index (κ3) is 3.57. The van der Waals surface area contributed by atoms with E-state index < -0.39 is 0 Å². The first-order valence-corrected chi connectivity index (χ1v) is 10.3. The molecule has 146 valence electrons. The van der Waals surface area contributed by atoms with Gasteiger partial charge in [0, 0.05) is 55.4 Å². The number of aromatic nitrogens is 3. The van der Waals surface area contributed by atoms with E-state index in [1.807, 2.05) is 6.07 Å². The van der Waals surface area contributed by atoms with Gasteiger partial charge in [0.15, 0.2) is 4.77 Å². The average molecular weight is 403 g/mol. The highest BCUT2D eigenvalue weighted by Gasteiger charge is 2.21. The van der Waals surface area contributed by atoms with Gasteiger partial charge < -0.3 is 9.55 Å². The van der Waals surface area contributed by atoms with Crippen molar-refractivity contribution in [1.29, 1.82) is 0 Å². The third-order valence-electron chi connectivity index (χ3n) is 5.65. The Bertz CT molecular complexity index is 1290. The zero-order valence-electron chi connectivity index (χ0n) is 16.0. The molecule has 1 aliphatic rings. The van der Waals surface area contributed by atoms with Crippen LogP contribution in [0.5, 0.6) is 0 Å². The Labute approximate surface area is 173 Å². The zero-order valence-corrected chi connectivity index (χ0v) is 16.8. The summed E-state index contributed by atoms with van der Waals surface area (Å²) in [5.74, 6) is 0. The van der Waals surface area contributed by atoms with Crippen LogP contribution in [-0.4, -0.2) is 26.0 Å². The first kappa shape index (κ1) is 18.1. The lowest BCUT2D eigenvalue weighted by molar-refractivity contribution is 0.242. The van der Waals surface area contributed by atoms with Crippen molar-refractivity contribution in [3.05, 3.63) is 98.3 Å². The van der Waals surface area contributed by atoms with Gasteiger partial charge in [-0.15, -0.1) is 0 Å². The number of nitrogens with zero attached hydrogens (tertiary/aromatic N) is 2. The molecule has 29 heavy (non-hydrogen) atoms. The van der Waals surface area contributed by atoms with Gasteiger partial charge in [0.25, 0.3) is 5.56 Å². The van der Waals surface area contributed by atoms with Crippen LogP contribution in [0.1, 0.15) is 22.4 Å². The van der Waals surface area contributed by atoms with Crippen LogP contribution in [0.3, 0.4) is 0 Å². The SMILES string of the molecule is O=c1[nH]c(=S)[nH]c2c1CN(Cc1cn(Cc3ccccc3)c3ccccc13)CC2. The lowest BCUT2D eigenvalue weighted by atomic mass is 10.1. The Morgan fingerprint density at radius 1 is 0.966 bits per heavy atom. The van der Waals surface area contributed by atoms with Crippen molar-refractivity contribution in [3.63, 3.8) is 0 Å². The number of hydrogen-bond acceptors (Lipinski definition) is 3. The Hall–Kier alpha value is -2.96. The highest BCUT2D eigenvalue weighted by atomic mass is 32.1. The molecule has 0 fully saturated rings. The van der Waals surface area contributed by atoms with Gasteiger partial charge in [-0.05, 0) is 29.4 Å². The third-order valence-corrected chi connectivity index (χ3v) is 5.85. The smallest absolute Gasteiger partial charge is 0.256 e. The standard InChI is InChI=1S/C23H22N4OS/c28-22-19-15-26(11-10-20(19)24-23(29)25-22)13-17-14-27(12-16-6-2-1-3-7-16)21-9-5-4-8-18(17)21/h1-9,14H,10-13,15H2,(H2,24,25,28,29). The number of rotatable bonds is 4. The van der Waals surface area contributed by atoms with Crippen LogP contribution in [0, 0.1) is 4.77 Å². The molecule has 5 rings (SSSR count). The van der Waals surface area contributed by atoms with Gasteiger partial charge in [-0.3, -0.25) is 14.7 Å². The molecule has 3 heterocycles. The Balaban J connectivity index is 1.45. The summed E-state index contributed by atoms with van der Waals surface area (Å²) in [6, 6.07) is 19.1. The molecule has 0 aliphatic carbocycles.